The van der Waals surface area contributed by atoms with E-state index < -0.39 is 0 Å². The Labute approximate surface area is 194 Å². The van der Waals surface area contributed by atoms with Crippen LogP contribution in [-0.4, -0.2) is 48.0 Å². The molecule has 0 atom stereocenters. The Morgan fingerprint density at radius 1 is 1.00 bits per heavy atom. The SMILES string of the molecule is Cc1cc(NC(=O)NCCN2CCC(C(=O)NCc3ccccc3)CC2)c2ccccc2n1. The number of aromatic nitrogens is 1. The summed E-state index contributed by atoms with van der Waals surface area (Å²) in [6, 6.07) is 19.4. The highest BCUT2D eigenvalue weighted by Gasteiger charge is 2.24. The average Bonchev–Trinajstić information content (AvgIpc) is 2.83. The second-order valence-corrected chi connectivity index (χ2v) is 8.53. The third kappa shape index (κ3) is 6.29. The molecule has 3 aromatic rings. The van der Waals surface area contributed by atoms with Gasteiger partial charge in [0.1, 0.15) is 0 Å². The first-order valence-corrected chi connectivity index (χ1v) is 11.5. The van der Waals surface area contributed by atoms with Crippen LogP contribution >= 0.6 is 0 Å². The molecular formula is C26H31N5O2. The van der Waals surface area contributed by atoms with E-state index in [-0.39, 0.29) is 17.9 Å². The molecule has 0 bridgehead atoms. The largest absolute Gasteiger partial charge is 0.352 e. The Balaban J connectivity index is 1.17. The number of piperidine rings is 1. The smallest absolute Gasteiger partial charge is 0.319 e. The van der Waals surface area contributed by atoms with Crippen LogP contribution in [0.4, 0.5) is 10.5 Å². The number of amides is 3. The number of fused-ring (bicyclic) bond motifs is 1. The van der Waals surface area contributed by atoms with E-state index in [1.807, 2.05) is 67.6 Å². The number of urea groups is 1. The molecule has 0 spiro atoms. The second-order valence-electron chi connectivity index (χ2n) is 8.53. The minimum atomic E-state index is -0.221. The summed E-state index contributed by atoms with van der Waals surface area (Å²) in [5.74, 6) is 0.195. The van der Waals surface area contributed by atoms with Crippen LogP contribution in [-0.2, 0) is 11.3 Å². The first-order chi connectivity index (χ1) is 16.1. The minimum absolute atomic E-state index is 0.0597. The zero-order chi connectivity index (χ0) is 23.0. The Bertz CT molecular complexity index is 1090. The number of carbonyl (C=O) groups excluding carboxylic acids is 2. The van der Waals surface area contributed by atoms with Crippen LogP contribution in [0.15, 0.2) is 60.7 Å². The van der Waals surface area contributed by atoms with E-state index in [2.05, 4.69) is 25.8 Å². The van der Waals surface area contributed by atoms with Crippen molar-refractivity contribution in [2.75, 3.05) is 31.5 Å². The van der Waals surface area contributed by atoms with Crippen molar-refractivity contribution in [3.63, 3.8) is 0 Å². The molecule has 4 rings (SSSR count). The number of nitrogens with zero attached hydrogens (tertiary/aromatic N) is 2. The molecule has 2 heterocycles. The van der Waals surface area contributed by atoms with Gasteiger partial charge in [-0.25, -0.2) is 4.79 Å². The molecule has 7 nitrogen and oxygen atoms in total. The molecule has 2 aromatic carbocycles. The number of anilines is 1. The number of benzene rings is 2. The van der Waals surface area contributed by atoms with Gasteiger partial charge in [0, 0.05) is 36.6 Å². The molecule has 1 aliphatic rings. The lowest BCUT2D eigenvalue weighted by atomic mass is 9.96. The highest BCUT2D eigenvalue weighted by Crippen LogP contribution is 2.22. The predicted molar refractivity (Wildman–Crippen MR) is 131 cm³/mol. The van der Waals surface area contributed by atoms with Crippen LogP contribution in [0.25, 0.3) is 10.9 Å². The molecule has 0 aliphatic carbocycles. The van der Waals surface area contributed by atoms with E-state index in [9.17, 15) is 9.59 Å². The van der Waals surface area contributed by atoms with Gasteiger partial charge in [-0.3, -0.25) is 9.78 Å². The van der Waals surface area contributed by atoms with Gasteiger partial charge >= 0.3 is 6.03 Å². The lowest BCUT2D eigenvalue weighted by Gasteiger charge is -2.31. The normalized spacial score (nSPS) is 14.7. The van der Waals surface area contributed by atoms with Crippen molar-refractivity contribution in [2.24, 2.45) is 5.92 Å². The third-order valence-corrected chi connectivity index (χ3v) is 6.07. The van der Waals surface area contributed by atoms with Crippen molar-refractivity contribution in [2.45, 2.75) is 26.3 Å². The van der Waals surface area contributed by atoms with E-state index in [0.29, 0.717) is 13.1 Å². The van der Waals surface area contributed by atoms with Gasteiger partial charge in [0.25, 0.3) is 0 Å². The summed E-state index contributed by atoms with van der Waals surface area (Å²) in [7, 11) is 0. The maximum Gasteiger partial charge on any atom is 0.319 e. The first kappa shape index (κ1) is 22.7. The Kier molecular flexibility index (Phi) is 7.52. The molecule has 33 heavy (non-hydrogen) atoms. The van der Waals surface area contributed by atoms with Crippen molar-refractivity contribution in [1.29, 1.82) is 0 Å². The van der Waals surface area contributed by atoms with Crippen molar-refractivity contribution >= 4 is 28.5 Å². The van der Waals surface area contributed by atoms with Crippen LogP contribution in [0.1, 0.15) is 24.1 Å². The summed E-state index contributed by atoms with van der Waals surface area (Å²) in [4.78, 5) is 31.7. The number of nitrogens with one attached hydrogen (secondary N) is 3. The Hall–Kier alpha value is -3.45. The van der Waals surface area contributed by atoms with Gasteiger partial charge in [0.15, 0.2) is 0 Å². The van der Waals surface area contributed by atoms with E-state index >= 15 is 0 Å². The second kappa shape index (κ2) is 10.9. The Morgan fingerprint density at radius 3 is 2.52 bits per heavy atom. The molecule has 1 fully saturated rings. The van der Waals surface area contributed by atoms with Crippen LogP contribution in [0.2, 0.25) is 0 Å². The Morgan fingerprint density at radius 2 is 1.73 bits per heavy atom. The molecule has 3 amide bonds. The number of para-hydroxylation sites is 1. The van der Waals surface area contributed by atoms with E-state index in [4.69, 9.17) is 0 Å². The summed E-state index contributed by atoms with van der Waals surface area (Å²) in [6.45, 7) is 5.54. The summed E-state index contributed by atoms with van der Waals surface area (Å²) in [5, 5.41) is 9.87. The maximum absolute atomic E-state index is 12.5. The first-order valence-electron chi connectivity index (χ1n) is 11.5. The van der Waals surface area contributed by atoms with Gasteiger partial charge in [-0.15, -0.1) is 0 Å². The van der Waals surface area contributed by atoms with E-state index in [1.54, 1.807) is 0 Å². The van der Waals surface area contributed by atoms with Crippen LogP contribution in [0, 0.1) is 12.8 Å². The maximum atomic E-state index is 12.5. The molecule has 0 saturated carbocycles. The van der Waals surface area contributed by atoms with Gasteiger partial charge in [-0.2, -0.15) is 0 Å². The average molecular weight is 446 g/mol. The molecule has 0 radical (unpaired) electrons. The van der Waals surface area contributed by atoms with E-state index in [1.165, 1.54) is 0 Å². The zero-order valence-electron chi connectivity index (χ0n) is 19.0. The number of hydrogen-bond acceptors (Lipinski definition) is 4. The standard InChI is InChI=1S/C26H31N5O2/c1-19-17-24(22-9-5-6-10-23(22)29-19)30-26(33)27-13-16-31-14-11-21(12-15-31)25(32)28-18-20-7-3-2-4-8-20/h2-10,17,21H,11-16,18H2,1H3,(H,28,32)(H2,27,29,30,33). The van der Waals surface area contributed by atoms with Gasteiger partial charge in [-0.05, 0) is 50.6 Å². The number of likely N-dealkylation sites (tertiary alicyclic amines) is 1. The highest BCUT2D eigenvalue weighted by atomic mass is 16.2. The quantitative estimate of drug-likeness (QED) is 0.518. The lowest BCUT2D eigenvalue weighted by Crippen LogP contribution is -2.43. The molecule has 3 N–H and O–H groups in total. The van der Waals surface area contributed by atoms with Crippen molar-refractivity contribution in [3.05, 3.63) is 71.9 Å². The van der Waals surface area contributed by atoms with Gasteiger partial charge in [0.2, 0.25) is 5.91 Å². The monoisotopic (exact) mass is 445 g/mol. The number of pyridine rings is 1. The zero-order valence-corrected chi connectivity index (χ0v) is 19.0. The van der Waals surface area contributed by atoms with Gasteiger partial charge in [-0.1, -0.05) is 48.5 Å². The molecular weight excluding hydrogens is 414 g/mol. The van der Waals surface area contributed by atoms with Gasteiger partial charge in [0.05, 0.1) is 11.2 Å². The third-order valence-electron chi connectivity index (χ3n) is 6.07. The fourth-order valence-electron chi connectivity index (χ4n) is 4.25. The number of hydrogen-bond donors (Lipinski definition) is 3. The fraction of sp³-hybridized carbons (Fsp3) is 0.346. The van der Waals surface area contributed by atoms with Crippen molar-refractivity contribution in [1.82, 2.24) is 20.5 Å². The van der Waals surface area contributed by atoms with Crippen molar-refractivity contribution in [3.8, 4) is 0 Å². The molecule has 0 unspecified atom stereocenters. The highest BCUT2D eigenvalue weighted by molar-refractivity contribution is 6.00. The van der Waals surface area contributed by atoms with Gasteiger partial charge < -0.3 is 20.9 Å². The molecule has 172 valence electrons. The molecule has 1 aliphatic heterocycles. The summed E-state index contributed by atoms with van der Waals surface area (Å²) >= 11 is 0. The number of carbonyl (C=O) groups is 2. The van der Waals surface area contributed by atoms with Crippen LogP contribution in [0.5, 0.6) is 0 Å². The van der Waals surface area contributed by atoms with Crippen LogP contribution in [0.3, 0.4) is 0 Å². The fourth-order valence-corrected chi connectivity index (χ4v) is 4.25. The molecule has 1 aromatic heterocycles. The summed E-state index contributed by atoms with van der Waals surface area (Å²) in [6.07, 6.45) is 1.68. The molecule has 1 saturated heterocycles. The predicted octanol–water partition coefficient (Wildman–Crippen LogP) is 3.69. The topological polar surface area (TPSA) is 86.4 Å². The van der Waals surface area contributed by atoms with Crippen molar-refractivity contribution < 1.29 is 9.59 Å². The minimum Gasteiger partial charge on any atom is -0.352 e. The summed E-state index contributed by atoms with van der Waals surface area (Å²) < 4.78 is 0. The van der Waals surface area contributed by atoms with Crippen LogP contribution < -0.4 is 16.0 Å². The molecule has 7 heteroatoms. The van der Waals surface area contributed by atoms with E-state index in [0.717, 1.165) is 60.3 Å². The summed E-state index contributed by atoms with van der Waals surface area (Å²) in [5.41, 5.74) is 3.60. The number of rotatable bonds is 7. The number of aryl methyl sites for hydroxylation is 1. The lowest BCUT2D eigenvalue weighted by molar-refractivity contribution is -0.126.